The van der Waals surface area contributed by atoms with Crippen molar-refractivity contribution in [1.29, 1.82) is 0 Å². The molecule has 3 unspecified atom stereocenters. The second kappa shape index (κ2) is 6.75. The van der Waals surface area contributed by atoms with Gasteiger partial charge < -0.3 is 20.1 Å². The number of carboxylic acid groups (broad SMARTS) is 1. The number of hydrogen-bond acceptors (Lipinski definition) is 4. The van der Waals surface area contributed by atoms with Gasteiger partial charge in [0, 0.05) is 13.1 Å². The van der Waals surface area contributed by atoms with E-state index in [1.165, 1.54) is 0 Å². The Hall–Kier alpha value is -1.14. The monoisotopic (exact) mass is 298 g/mol. The number of amides is 1. The van der Waals surface area contributed by atoms with Gasteiger partial charge in [0.1, 0.15) is 5.92 Å². The van der Waals surface area contributed by atoms with Crippen LogP contribution in [0.25, 0.3) is 0 Å². The number of piperidine rings is 1. The van der Waals surface area contributed by atoms with E-state index in [9.17, 15) is 14.7 Å². The molecule has 3 atom stereocenters. The van der Waals surface area contributed by atoms with Gasteiger partial charge in [-0.25, -0.2) is 0 Å². The van der Waals surface area contributed by atoms with Gasteiger partial charge in [-0.05, 0) is 32.7 Å². The van der Waals surface area contributed by atoms with E-state index >= 15 is 0 Å². The molecule has 0 aromatic heterocycles. The molecular weight excluding hydrogens is 272 g/mol. The van der Waals surface area contributed by atoms with Crippen molar-refractivity contribution in [3.63, 3.8) is 0 Å². The highest BCUT2D eigenvalue weighted by Gasteiger charge is 2.45. The lowest BCUT2D eigenvalue weighted by molar-refractivity contribution is -0.149. The minimum Gasteiger partial charge on any atom is -0.481 e. The molecule has 2 N–H and O–H groups in total. The first kappa shape index (κ1) is 16.2. The summed E-state index contributed by atoms with van der Waals surface area (Å²) in [5.41, 5.74) is -0.431. The maximum Gasteiger partial charge on any atom is 0.311 e. The van der Waals surface area contributed by atoms with Crippen molar-refractivity contribution in [2.45, 2.75) is 39.2 Å². The number of carbonyl (C=O) groups excluding carboxylic acids is 1. The number of nitrogens with zero attached hydrogens (tertiary/aromatic N) is 1. The Morgan fingerprint density at radius 2 is 2.19 bits per heavy atom. The highest BCUT2D eigenvalue weighted by atomic mass is 16.5. The zero-order valence-electron chi connectivity index (χ0n) is 12.9. The van der Waals surface area contributed by atoms with Gasteiger partial charge in [0.15, 0.2) is 0 Å². The van der Waals surface area contributed by atoms with Crippen molar-refractivity contribution in [3.05, 3.63) is 0 Å². The molecule has 6 nitrogen and oxygen atoms in total. The van der Waals surface area contributed by atoms with Gasteiger partial charge in [0.25, 0.3) is 0 Å². The average Bonchev–Trinajstić information content (AvgIpc) is 2.94. The van der Waals surface area contributed by atoms with Gasteiger partial charge in [-0.1, -0.05) is 6.92 Å². The summed E-state index contributed by atoms with van der Waals surface area (Å²) in [7, 11) is 0. The predicted octanol–water partition coefficient (Wildman–Crippen LogP) is 0.714. The molecular formula is C15H26N2O4. The quantitative estimate of drug-likeness (QED) is 0.781. The summed E-state index contributed by atoms with van der Waals surface area (Å²) in [4.78, 5) is 26.1. The van der Waals surface area contributed by atoms with Crippen LogP contribution in [0.5, 0.6) is 0 Å². The zero-order valence-corrected chi connectivity index (χ0v) is 12.9. The van der Waals surface area contributed by atoms with E-state index in [4.69, 9.17) is 4.74 Å². The minimum atomic E-state index is -0.877. The normalized spacial score (nSPS) is 32.9. The van der Waals surface area contributed by atoms with Crippen molar-refractivity contribution < 1.29 is 19.4 Å². The lowest BCUT2D eigenvalue weighted by Gasteiger charge is -2.40. The maximum absolute atomic E-state index is 13.0. The van der Waals surface area contributed by atoms with Crippen LogP contribution in [0.15, 0.2) is 0 Å². The molecule has 120 valence electrons. The second-order valence-electron chi connectivity index (χ2n) is 6.39. The Labute approximate surface area is 125 Å². The SMILES string of the molecule is CCCN(C(=O)C1(C)CCCNC1)C1COCC1C(=O)O. The van der Waals surface area contributed by atoms with E-state index in [1.54, 1.807) is 4.90 Å². The number of rotatable bonds is 5. The van der Waals surface area contributed by atoms with Crippen LogP contribution < -0.4 is 5.32 Å². The largest absolute Gasteiger partial charge is 0.481 e. The third-order valence-corrected chi connectivity index (χ3v) is 4.61. The molecule has 1 amide bonds. The first-order chi connectivity index (χ1) is 9.99. The van der Waals surface area contributed by atoms with Crippen molar-refractivity contribution in [3.8, 4) is 0 Å². The summed E-state index contributed by atoms with van der Waals surface area (Å²) in [6.07, 6.45) is 2.65. The Balaban J connectivity index is 2.17. The second-order valence-corrected chi connectivity index (χ2v) is 6.39. The summed E-state index contributed by atoms with van der Waals surface area (Å²) < 4.78 is 5.34. The molecule has 21 heavy (non-hydrogen) atoms. The molecule has 0 radical (unpaired) electrons. The molecule has 0 aliphatic carbocycles. The highest BCUT2D eigenvalue weighted by molar-refractivity contribution is 5.84. The van der Waals surface area contributed by atoms with Crippen molar-refractivity contribution in [1.82, 2.24) is 10.2 Å². The lowest BCUT2D eigenvalue weighted by atomic mass is 9.80. The van der Waals surface area contributed by atoms with Gasteiger partial charge in [0.2, 0.25) is 5.91 Å². The third kappa shape index (κ3) is 3.37. The summed E-state index contributed by atoms with van der Waals surface area (Å²) in [6, 6.07) is -0.339. The van der Waals surface area contributed by atoms with E-state index in [2.05, 4.69) is 5.32 Å². The van der Waals surface area contributed by atoms with E-state index < -0.39 is 17.3 Å². The molecule has 2 rings (SSSR count). The first-order valence-electron chi connectivity index (χ1n) is 7.82. The van der Waals surface area contributed by atoms with Gasteiger partial charge in [-0.15, -0.1) is 0 Å². The number of hydrogen-bond donors (Lipinski definition) is 2. The molecule has 6 heteroatoms. The molecule has 0 spiro atoms. The van der Waals surface area contributed by atoms with Crippen LogP contribution in [-0.2, 0) is 14.3 Å². The fraction of sp³-hybridized carbons (Fsp3) is 0.867. The van der Waals surface area contributed by atoms with Gasteiger partial charge in [-0.3, -0.25) is 9.59 Å². The van der Waals surface area contributed by atoms with Crippen molar-refractivity contribution in [2.75, 3.05) is 32.8 Å². The highest BCUT2D eigenvalue weighted by Crippen LogP contribution is 2.31. The maximum atomic E-state index is 13.0. The lowest BCUT2D eigenvalue weighted by Crippen LogP contribution is -2.55. The smallest absolute Gasteiger partial charge is 0.311 e. The van der Waals surface area contributed by atoms with Crippen LogP contribution in [0.2, 0.25) is 0 Å². The van der Waals surface area contributed by atoms with Crippen molar-refractivity contribution >= 4 is 11.9 Å². The standard InChI is InChI=1S/C15H26N2O4/c1-3-7-17(12-9-21-8-11(12)13(18)19)14(20)15(2)5-4-6-16-10-15/h11-12,16H,3-10H2,1-2H3,(H,18,19). The molecule has 0 bridgehead atoms. The first-order valence-corrected chi connectivity index (χ1v) is 7.82. The molecule has 2 aliphatic rings. The van der Waals surface area contributed by atoms with E-state index in [-0.39, 0.29) is 18.6 Å². The van der Waals surface area contributed by atoms with Crippen LogP contribution in [-0.4, -0.2) is 60.8 Å². The van der Waals surface area contributed by atoms with Crippen LogP contribution in [0.4, 0.5) is 0 Å². The minimum absolute atomic E-state index is 0.0679. The van der Waals surface area contributed by atoms with E-state index in [0.717, 1.165) is 25.8 Å². The van der Waals surface area contributed by atoms with Crippen LogP contribution >= 0.6 is 0 Å². The van der Waals surface area contributed by atoms with Crippen LogP contribution in [0.3, 0.4) is 0 Å². The summed E-state index contributed by atoms with van der Waals surface area (Å²) >= 11 is 0. The Morgan fingerprint density at radius 1 is 1.43 bits per heavy atom. The Bertz CT molecular complexity index is 393. The zero-order chi connectivity index (χ0) is 15.5. The van der Waals surface area contributed by atoms with Gasteiger partial charge in [-0.2, -0.15) is 0 Å². The molecule has 0 saturated carbocycles. The summed E-state index contributed by atoms with van der Waals surface area (Å²) in [6.45, 7) is 6.71. The Kier molecular flexibility index (Phi) is 5.22. The average molecular weight is 298 g/mol. The molecule has 0 aromatic carbocycles. The number of nitrogens with one attached hydrogen (secondary N) is 1. The number of carboxylic acids is 1. The van der Waals surface area contributed by atoms with E-state index in [1.807, 2.05) is 13.8 Å². The summed E-state index contributed by atoms with van der Waals surface area (Å²) in [5, 5.41) is 12.6. The number of carbonyl (C=O) groups is 2. The van der Waals surface area contributed by atoms with Crippen molar-refractivity contribution in [2.24, 2.45) is 11.3 Å². The van der Waals surface area contributed by atoms with Gasteiger partial charge in [0.05, 0.1) is 24.7 Å². The Morgan fingerprint density at radius 3 is 2.76 bits per heavy atom. The van der Waals surface area contributed by atoms with Gasteiger partial charge >= 0.3 is 5.97 Å². The number of ether oxygens (including phenoxy) is 1. The van der Waals surface area contributed by atoms with Crippen LogP contribution in [0.1, 0.15) is 33.1 Å². The molecule has 2 aliphatic heterocycles. The van der Waals surface area contributed by atoms with E-state index in [0.29, 0.717) is 19.7 Å². The fourth-order valence-corrected chi connectivity index (χ4v) is 3.33. The fourth-order valence-electron chi connectivity index (χ4n) is 3.33. The molecule has 2 fully saturated rings. The molecule has 2 saturated heterocycles. The molecule has 2 heterocycles. The van der Waals surface area contributed by atoms with Crippen LogP contribution in [0, 0.1) is 11.3 Å². The predicted molar refractivity (Wildman–Crippen MR) is 77.9 cm³/mol. The summed E-state index contributed by atoms with van der Waals surface area (Å²) in [5.74, 6) is -1.42. The third-order valence-electron chi connectivity index (χ3n) is 4.61. The topological polar surface area (TPSA) is 78.9 Å². The molecule has 0 aromatic rings. The number of aliphatic carboxylic acids is 1.